The van der Waals surface area contributed by atoms with Gasteiger partial charge < -0.3 is 11.1 Å². The molecule has 3 N–H and O–H groups in total. The number of halogens is 1. The minimum absolute atomic E-state index is 0.635. The van der Waals surface area contributed by atoms with Crippen LogP contribution in [-0.4, -0.2) is 18.3 Å². The average Bonchev–Trinajstić information content (AvgIpc) is 2.64. The van der Waals surface area contributed by atoms with Crippen molar-refractivity contribution in [3.05, 3.63) is 23.2 Å². The number of thioether (sulfide) groups is 1. The lowest BCUT2D eigenvalue weighted by atomic mass is 10.3. The number of hydrogen-bond donors (Lipinski definition) is 2. The number of benzene rings is 1. The maximum Gasteiger partial charge on any atom is 0.0453 e. The van der Waals surface area contributed by atoms with E-state index in [9.17, 15) is 0 Å². The summed E-state index contributed by atoms with van der Waals surface area (Å²) in [4.78, 5) is 1.10. The standard InChI is InChI=1S/C10H13ClN2S/c11-7-1-2-9(12)10(5-7)14-8-3-4-13-6-8/h1-2,5,8,13H,3-4,6,12H2. The lowest BCUT2D eigenvalue weighted by molar-refractivity contribution is 0.858. The van der Waals surface area contributed by atoms with E-state index in [2.05, 4.69) is 5.32 Å². The van der Waals surface area contributed by atoms with E-state index in [0.717, 1.165) is 28.7 Å². The van der Waals surface area contributed by atoms with Crippen LogP contribution in [0, 0.1) is 0 Å². The summed E-state index contributed by atoms with van der Waals surface area (Å²) in [6.07, 6.45) is 1.20. The molecule has 14 heavy (non-hydrogen) atoms. The molecule has 0 bridgehead atoms. The molecule has 1 unspecified atom stereocenters. The lowest BCUT2D eigenvalue weighted by Gasteiger charge is -2.10. The maximum atomic E-state index is 5.92. The van der Waals surface area contributed by atoms with Gasteiger partial charge in [0.1, 0.15) is 0 Å². The van der Waals surface area contributed by atoms with Crippen molar-refractivity contribution in [2.24, 2.45) is 0 Å². The first kappa shape index (κ1) is 10.1. The predicted octanol–water partition coefficient (Wildman–Crippen LogP) is 2.38. The molecular weight excluding hydrogens is 216 g/mol. The number of hydrogen-bond acceptors (Lipinski definition) is 3. The summed E-state index contributed by atoms with van der Waals surface area (Å²) in [5.41, 5.74) is 6.69. The summed E-state index contributed by atoms with van der Waals surface area (Å²) < 4.78 is 0. The molecule has 2 rings (SSSR count). The van der Waals surface area contributed by atoms with Crippen molar-refractivity contribution >= 4 is 29.1 Å². The predicted molar refractivity (Wildman–Crippen MR) is 63.0 cm³/mol. The molecule has 1 fully saturated rings. The summed E-state index contributed by atoms with van der Waals surface area (Å²) in [6.45, 7) is 2.18. The van der Waals surface area contributed by atoms with Crippen LogP contribution in [-0.2, 0) is 0 Å². The molecule has 1 aromatic rings. The Morgan fingerprint density at radius 1 is 1.50 bits per heavy atom. The van der Waals surface area contributed by atoms with Crippen LogP contribution in [0.4, 0.5) is 5.69 Å². The molecule has 1 aliphatic heterocycles. The Kier molecular flexibility index (Phi) is 3.21. The van der Waals surface area contributed by atoms with Crippen molar-refractivity contribution in [2.75, 3.05) is 18.8 Å². The number of rotatable bonds is 2. The number of anilines is 1. The number of nitrogens with one attached hydrogen (secondary N) is 1. The Bertz CT molecular complexity index is 324. The Morgan fingerprint density at radius 2 is 2.36 bits per heavy atom. The first-order valence-electron chi connectivity index (χ1n) is 4.68. The molecule has 1 atom stereocenters. The van der Waals surface area contributed by atoms with Gasteiger partial charge in [-0.2, -0.15) is 0 Å². The quantitative estimate of drug-likeness (QED) is 0.764. The fourth-order valence-electron chi connectivity index (χ4n) is 1.52. The highest BCUT2D eigenvalue weighted by molar-refractivity contribution is 8.00. The molecule has 1 saturated heterocycles. The second kappa shape index (κ2) is 4.43. The Balaban J connectivity index is 2.10. The third-order valence-corrected chi connectivity index (χ3v) is 3.86. The number of nitrogens with two attached hydrogens (primary N) is 1. The topological polar surface area (TPSA) is 38.0 Å². The minimum Gasteiger partial charge on any atom is -0.398 e. The normalized spacial score (nSPS) is 21.4. The van der Waals surface area contributed by atoms with Gasteiger partial charge in [0.2, 0.25) is 0 Å². The molecule has 0 amide bonds. The largest absolute Gasteiger partial charge is 0.398 e. The first-order chi connectivity index (χ1) is 6.75. The van der Waals surface area contributed by atoms with Crippen molar-refractivity contribution in [1.29, 1.82) is 0 Å². The third kappa shape index (κ3) is 2.35. The molecule has 0 spiro atoms. The fourth-order valence-corrected chi connectivity index (χ4v) is 2.95. The van der Waals surface area contributed by atoms with Gasteiger partial charge in [0.15, 0.2) is 0 Å². The van der Waals surface area contributed by atoms with Gasteiger partial charge in [-0.3, -0.25) is 0 Å². The zero-order valence-corrected chi connectivity index (χ0v) is 9.37. The van der Waals surface area contributed by atoms with Crippen molar-refractivity contribution < 1.29 is 0 Å². The van der Waals surface area contributed by atoms with Crippen LogP contribution < -0.4 is 11.1 Å². The average molecular weight is 229 g/mol. The van der Waals surface area contributed by atoms with Crippen molar-refractivity contribution in [2.45, 2.75) is 16.6 Å². The van der Waals surface area contributed by atoms with E-state index in [1.54, 1.807) is 0 Å². The SMILES string of the molecule is Nc1ccc(Cl)cc1SC1CCNC1. The van der Waals surface area contributed by atoms with E-state index in [1.807, 2.05) is 30.0 Å². The van der Waals surface area contributed by atoms with Crippen LogP contribution >= 0.6 is 23.4 Å². The second-order valence-electron chi connectivity index (χ2n) is 3.41. The van der Waals surface area contributed by atoms with Crippen LogP contribution in [0.1, 0.15) is 6.42 Å². The van der Waals surface area contributed by atoms with Crippen molar-refractivity contribution in [1.82, 2.24) is 5.32 Å². The fraction of sp³-hybridized carbons (Fsp3) is 0.400. The van der Waals surface area contributed by atoms with Gasteiger partial charge in [-0.25, -0.2) is 0 Å². The molecular formula is C10H13ClN2S. The highest BCUT2D eigenvalue weighted by Gasteiger charge is 2.16. The van der Waals surface area contributed by atoms with E-state index in [0.29, 0.717) is 5.25 Å². The molecule has 1 aliphatic rings. The Morgan fingerprint density at radius 3 is 3.07 bits per heavy atom. The van der Waals surface area contributed by atoms with E-state index >= 15 is 0 Å². The van der Waals surface area contributed by atoms with E-state index in [1.165, 1.54) is 6.42 Å². The Hall–Kier alpha value is -0.380. The maximum absolute atomic E-state index is 5.92. The molecule has 0 radical (unpaired) electrons. The van der Waals surface area contributed by atoms with E-state index in [4.69, 9.17) is 17.3 Å². The highest BCUT2D eigenvalue weighted by atomic mass is 35.5. The van der Waals surface area contributed by atoms with E-state index < -0.39 is 0 Å². The van der Waals surface area contributed by atoms with Gasteiger partial charge in [-0.15, -0.1) is 11.8 Å². The summed E-state index contributed by atoms with van der Waals surface area (Å²) >= 11 is 7.74. The van der Waals surface area contributed by atoms with Gasteiger partial charge in [0.25, 0.3) is 0 Å². The van der Waals surface area contributed by atoms with Gasteiger partial charge in [-0.05, 0) is 31.2 Å². The molecule has 1 aromatic carbocycles. The van der Waals surface area contributed by atoms with Gasteiger partial charge >= 0.3 is 0 Å². The van der Waals surface area contributed by atoms with E-state index in [-0.39, 0.29) is 0 Å². The number of nitrogen functional groups attached to an aromatic ring is 1. The summed E-state index contributed by atoms with van der Waals surface area (Å²) in [7, 11) is 0. The molecule has 0 aromatic heterocycles. The molecule has 1 heterocycles. The third-order valence-electron chi connectivity index (χ3n) is 2.28. The summed E-state index contributed by atoms with van der Waals surface area (Å²) in [6, 6.07) is 5.64. The van der Waals surface area contributed by atoms with Gasteiger partial charge in [-0.1, -0.05) is 11.6 Å². The van der Waals surface area contributed by atoms with Crippen LogP contribution in [0.3, 0.4) is 0 Å². The Labute approximate surface area is 93.2 Å². The van der Waals surface area contributed by atoms with Gasteiger partial charge in [0.05, 0.1) is 0 Å². The van der Waals surface area contributed by atoms with Crippen molar-refractivity contribution in [3.8, 4) is 0 Å². The molecule has 0 saturated carbocycles. The minimum atomic E-state index is 0.635. The van der Waals surface area contributed by atoms with Crippen LogP contribution in [0.5, 0.6) is 0 Å². The van der Waals surface area contributed by atoms with Crippen molar-refractivity contribution in [3.63, 3.8) is 0 Å². The zero-order chi connectivity index (χ0) is 9.97. The summed E-state index contributed by atoms with van der Waals surface area (Å²) in [5, 5.41) is 4.72. The molecule has 2 nitrogen and oxygen atoms in total. The molecule has 76 valence electrons. The highest BCUT2D eigenvalue weighted by Crippen LogP contribution is 2.33. The molecule has 4 heteroatoms. The van der Waals surface area contributed by atoms with Crippen LogP contribution in [0.15, 0.2) is 23.1 Å². The smallest absolute Gasteiger partial charge is 0.0453 e. The summed E-state index contributed by atoms with van der Waals surface area (Å²) in [5.74, 6) is 0. The zero-order valence-electron chi connectivity index (χ0n) is 7.79. The van der Waals surface area contributed by atoms with Crippen LogP contribution in [0.25, 0.3) is 0 Å². The van der Waals surface area contributed by atoms with Crippen LogP contribution in [0.2, 0.25) is 5.02 Å². The lowest BCUT2D eigenvalue weighted by Crippen LogP contribution is -2.10. The molecule has 0 aliphatic carbocycles. The monoisotopic (exact) mass is 228 g/mol. The first-order valence-corrected chi connectivity index (χ1v) is 5.94. The second-order valence-corrected chi connectivity index (χ2v) is 5.19. The van der Waals surface area contributed by atoms with Gasteiger partial charge in [0, 0.05) is 27.4 Å².